The van der Waals surface area contributed by atoms with E-state index in [1.807, 2.05) is 53.4 Å². The van der Waals surface area contributed by atoms with Crippen molar-refractivity contribution in [3.63, 3.8) is 0 Å². The van der Waals surface area contributed by atoms with Gasteiger partial charge in [0.05, 0.1) is 11.6 Å². The van der Waals surface area contributed by atoms with Crippen LogP contribution in [0.25, 0.3) is 0 Å². The second-order valence-electron chi connectivity index (χ2n) is 9.08. The molecule has 2 amide bonds. The topological polar surface area (TPSA) is 108 Å². The molecule has 0 saturated heterocycles. The number of carbonyl (C=O) groups excluding carboxylic acids is 2. The van der Waals surface area contributed by atoms with Gasteiger partial charge < -0.3 is 15.4 Å². The van der Waals surface area contributed by atoms with Gasteiger partial charge in [0.25, 0.3) is 5.91 Å². The lowest BCUT2D eigenvalue weighted by Crippen LogP contribution is -2.43. The van der Waals surface area contributed by atoms with Crippen LogP contribution in [0.5, 0.6) is 0 Å². The largest absolute Gasteiger partial charge is 0.444 e. The second kappa shape index (κ2) is 12.0. The van der Waals surface area contributed by atoms with E-state index in [0.717, 1.165) is 36.8 Å². The Labute approximate surface area is 211 Å². The Morgan fingerprint density at radius 2 is 1.64 bits per heavy atom. The third kappa shape index (κ3) is 6.71. The van der Waals surface area contributed by atoms with Crippen molar-refractivity contribution < 1.29 is 14.3 Å². The maximum Gasteiger partial charge on any atom is 0.411 e. The van der Waals surface area contributed by atoms with Gasteiger partial charge in [-0.2, -0.15) is 5.26 Å². The Morgan fingerprint density at radius 3 is 2.33 bits per heavy atom. The number of ether oxygens (including phenoxy) is 1. The van der Waals surface area contributed by atoms with Gasteiger partial charge in [0, 0.05) is 29.9 Å². The fourth-order valence-electron chi connectivity index (χ4n) is 4.45. The summed E-state index contributed by atoms with van der Waals surface area (Å²) in [5, 5.41) is 11.9. The monoisotopic (exact) mass is 482 g/mol. The quantitative estimate of drug-likeness (QED) is 0.480. The van der Waals surface area contributed by atoms with Crippen LogP contribution in [-0.2, 0) is 17.9 Å². The molecule has 184 valence electrons. The summed E-state index contributed by atoms with van der Waals surface area (Å²) in [6.07, 6.45) is 2.88. The molecule has 1 saturated carbocycles. The van der Waals surface area contributed by atoms with Crippen LogP contribution >= 0.6 is 0 Å². The number of rotatable bonds is 7. The van der Waals surface area contributed by atoms with Crippen molar-refractivity contribution in [1.29, 1.82) is 5.26 Å². The molecule has 1 aliphatic rings. The van der Waals surface area contributed by atoms with E-state index < -0.39 is 6.09 Å². The minimum atomic E-state index is -0.539. The summed E-state index contributed by atoms with van der Waals surface area (Å²) in [6.45, 7) is 0.580. The first-order chi connectivity index (χ1) is 17.5. The van der Waals surface area contributed by atoms with Crippen LogP contribution < -0.4 is 11.1 Å². The standard InChI is InChI=1S/C29H30N4O3/c30-18-21-9-11-24(12-10-21)28(34)33(27-15-13-25(31)14-16-27)19-23-7-4-8-26(17-23)32-29(35)36-20-22-5-2-1-3-6-22/h1-12,17,25,27H,13-16,19-20,31H2,(H,32,35). The molecule has 0 bridgehead atoms. The Kier molecular flexibility index (Phi) is 8.32. The van der Waals surface area contributed by atoms with Crippen molar-refractivity contribution in [2.45, 2.75) is 50.9 Å². The number of anilines is 1. The summed E-state index contributed by atoms with van der Waals surface area (Å²) >= 11 is 0. The van der Waals surface area contributed by atoms with E-state index >= 15 is 0 Å². The third-order valence-corrected chi connectivity index (χ3v) is 6.44. The highest BCUT2D eigenvalue weighted by Crippen LogP contribution is 2.26. The van der Waals surface area contributed by atoms with Gasteiger partial charge in [0.2, 0.25) is 0 Å². The molecule has 0 aliphatic heterocycles. The Balaban J connectivity index is 1.46. The number of nitrogens with one attached hydrogen (secondary N) is 1. The van der Waals surface area contributed by atoms with E-state index in [-0.39, 0.29) is 24.6 Å². The number of nitrogens with two attached hydrogens (primary N) is 1. The first-order valence-corrected chi connectivity index (χ1v) is 12.1. The molecule has 7 heteroatoms. The van der Waals surface area contributed by atoms with Crippen LogP contribution in [0.1, 0.15) is 52.7 Å². The van der Waals surface area contributed by atoms with Crippen LogP contribution in [-0.4, -0.2) is 29.0 Å². The number of hydrogen-bond donors (Lipinski definition) is 2. The van der Waals surface area contributed by atoms with Crippen LogP contribution in [0.2, 0.25) is 0 Å². The van der Waals surface area contributed by atoms with Crippen LogP contribution in [0.4, 0.5) is 10.5 Å². The van der Waals surface area contributed by atoms with Crippen molar-refractivity contribution in [2.24, 2.45) is 5.73 Å². The Bertz CT molecular complexity index is 1210. The van der Waals surface area contributed by atoms with E-state index in [1.165, 1.54) is 0 Å². The summed E-state index contributed by atoms with van der Waals surface area (Å²) in [5.41, 5.74) is 9.57. The van der Waals surface area contributed by atoms with E-state index in [0.29, 0.717) is 23.4 Å². The zero-order valence-electron chi connectivity index (χ0n) is 20.1. The molecule has 3 N–H and O–H groups in total. The highest BCUT2D eigenvalue weighted by molar-refractivity contribution is 5.94. The normalized spacial score (nSPS) is 17.0. The minimum absolute atomic E-state index is 0.0698. The van der Waals surface area contributed by atoms with Crippen molar-refractivity contribution in [2.75, 3.05) is 5.32 Å². The molecule has 3 aromatic rings. The number of benzene rings is 3. The first-order valence-electron chi connectivity index (χ1n) is 12.1. The average Bonchev–Trinajstić information content (AvgIpc) is 2.92. The van der Waals surface area contributed by atoms with E-state index in [1.54, 1.807) is 30.3 Å². The number of nitrogens with zero attached hydrogens (tertiary/aromatic N) is 2. The third-order valence-electron chi connectivity index (χ3n) is 6.44. The smallest absolute Gasteiger partial charge is 0.411 e. The second-order valence-corrected chi connectivity index (χ2v) is 9.08. The van der Waals surface area contributed by atoms with Crippen molar-refractivity contribution in [1.82, 2.24) is 4.90 Å². The summed E-state index contributed by atoms with van der Waals surface area (Å²) in [7, 11) is 0. The predicted molar refractivity (Wildman–Crippen MR) is 138 cm³/mol. The Hall–Kier alpha value is -4.15. The van der Waals surface area contributed by atoms with Crippen LogP contribution in [0, 0.1) is 11.3 Å². The first kappa shape index (κ1) is 25.0. The average molecular weight is 483 g/mol. The van der Waals surface area contributed by atoms with Gasteiger partial charge in [-0.25, -0.2) is 4.79 Å². The fraction of sp³-hybridized carbons (Fsp3) is 0.276. The molecular weight excluding hydrogens is 452 g/mol. The fourth-order valence-corrected chi connectivity index (χ4v) is 4.45. The molecule has 3 aromatic carbocycles. The van der Waals surface area contributed by atoms with Gasteiger partial charge in [-0.15, -0.1) is 0 Å². The molecule has 0 radical (unpaired) electrons. The highest BCUT2D eigenvalue weighted by atomic mass is 16.5. The number of nitriles is 1. The summed E-state index contributed by atoms with van der Waals surface area (Å²) in [4.78, 5) is 27.7. The number of hydrogen-bond acceptors (Lipinski definition) is 5. The maximum atomic E-state index is 13.5. The lowest BCUT2D eigenvalue weighted by Gasteiger charge is -2.36. The molecule has 0 spiro atoms. The van der Waals surface area contributed by atoms with Gasteiger partial charge >= 0.3 is 6.09 Å². The molecule has 0 aromatic heterocycles. The highest BCUT2D eigenvalue weighted by Gasteiger charge is 2.28. The van der Waals surface area contributed by atoms with Gasteiger partial charge in [0.1, 0.15) is 6.61 Å². The molecule has 4 rings (SSSR count). The van der Waals surface area contributed by atoms with Gasteiger partial charge in [0.15, 0.2) is 0 Å². The van der Waals surface area contributed by atoms with Crippen molar-refractivity contribution in [3.8, 4) is 6.07 Å². The number of amides is 2. The van der Waals surface area contributed by atoms with Crippen molar-refractivity contribution in [3.05, 3.63) is 101 Å². The molecule has 7 nitrogen and oxygen atoms in total. The summed E-state index contributed by atoms with van der Waals surface area (Å²) in [5.74, 6) is -0.0828. The Morgan fingerprint density at radius 1 is 0.944 bits per heavy atom. The molecule has 0 unspecified atom stereocenters. The molecule has 0 heterocycles. The lowest BCUT2D eigenvalue weighted by atomic mass is 9.90. The predicted octanol–water partition coefficient (Wildman–Crippen LogP) is 5.22. The SMILES string of the molecule is N#Cc1ccc(C(=O)N(Cc2cccc(NC(=O)OCc3ccccc3)c2)C2CCC(N)CC2)cc1. The lowest BCUT2D eigenvalue weighted by molar-refractivity contribution is 0.0606. The molecule has 1 aliphatic carbocycles. The zero-order chi connectivity index (χ0) is 25.3. The summed E-state index contributed by atoms with van der Waals surface area (Å²) < 4.78 is 5.32. The summed E-state index contributed by atoms with van der Waals surface area (Å²) in [6, 6.07) is 26.0. The van der Waals surface area contributed by atoms with E-state index in [9.17, 15) is 9.59 Å². The zero-order valence-corrected chi connectivity index (χ0v) is 20.1. The van der Waals surface area contributed by atoms with Gasteiger partial charge in [-0.3, -0.25) is 10.1 Å². The molecule has 36 heavy (non-hydrogen) atoms. The minimum Gasteiger partial charge on any atom is -0.444 e. The van der Waals surface area contributed by atoms with Crippen molar-refractivity contribution >= 4 is 17.7 Å². The molecule has 0 atom stereocenters. The van der Waals surface area contributed by atoms with Gasteiger partial charge in [-0.1, -0.05) is 42.5 Å². The maximum absolute atomic E-state index is 13.5. The van der Waals surface area contributed by atoms with Crippen LogP contribution in [0.15, 0.2) is 78.9 Å². The van der Waals surface area contributed by atoms with E-state index in [2.05, 4.69) is 11.4 Å². The molecular formula is C29H30N4O3. The van der Waals surface area contributed by atoms with Gasteiger partial charge in [-0.05, 0) is 73.2 Å². The van der Waals surface area contributed by atoms with E-state index in [4.69, 9.17) is 15.7 Å². The molecule has 1 fully saturated rings. The number of carbonyl (C=O) groups is 2. The van der Waals surface area contributed by atoms with Crippen LogP contribution in [0.3, 0.4) is 0 Å².